The van der Waals surface area contributed by atoms with Gasteiger partial charge in [-0.25, -0.2) is 0 Å². The van der Waals surface area contributed by atoms with E-state index in [1.807, 2.05) is 7.05 Å². The van der Waals surface area contributed by atoms with Gasteiger partial charge in [-0.3, -0.25) is 4.79 Å². The van der Waals surface area contributed by atoms with Crippen LogP contribution >= 0.6 is 0 Å². The molecule has 3 heteroatoms. The Labute approximate surface area is 112 Å². The van der Waals surface area contributed by atoms with E-state index in [4.69, 9.17) is 5.11 Å². The van der Waals surface area contributed by atoms with Gasteiger partial charge in [0.2, 0.25) is 5.91 Å². The fourth-order valence-electron chi connectivity index (χ4n) is 1.96. The van der Waals surface area contributed by atoms with Crippen molar-refractivity contribution in [2.75, 3.05) is 20.2 Å². The summed E-state index contributed by atoms with van der Waals surface area (Å²) in [4.78, 5) is 12.9. The highest BCUT2D eigenvalue weighted by atomic mass is 16.2. The molecule has 1 N–H and O–H groups in total. The molecule has 0 aliphatic rings. The minimum absolute atomic E-state index is 0.0129. The summed E-state index contributed by atoms with van der Waals surface area (Å²) in [5.74, 6) is 0.0129. The first-order chi connectivity index (χ1) is 8.72. The highest BCUT2D eigenvalue weighted by Crippen LogP contribution is 2.09. The number of carbonyl (C=O) groups excluding carboxylic acids is 1. The van der Waals surface area contributed by atoms with Gasteiger partial charge < -0.3 is 10.0 Å². The molecular weight excluding hydrogens is 226 g/mol. The summed E-state index contributed by atoms with van der Waals surface area (Å²) in [6.07, 6.45) is 12.1. The fraction of sp³-hybridized carbons (Fsp3) is 0.800. The molecule has 0 aromatic heterocycles. The first-order valence-electron chi connectivity index (χ1n) is 7.20. The van der Waals surface area contributed by atoms with Crippen molar-refractivity contribution < 1.29 is 9.90 Å². The fourth-order valence-corrected chi connectivity index (χ4v) is 1.96. The van der Waals surface area contributed by atoms with Gasteiger partial charge in [-0.2, -0.15) is 0 Å². The molecule has 0 unspecified atom stereocenters. The van der Waals surface area contributed by atoms with Crippen molar-refractivity contribution >= 4 is 5.91 Å². The van der Waals surface area contributed by atoms with E-state index < -0.39 is 0 Å². The second kappa shape index (κ2) is 12.6. The average molecular weight is 255 g/mol. The monoisotopic (exact) mass is 255 g/mol. The zero-order valence-corrected chi connectivity index (χ0v) is 11.9. The summed E-state index contributed by atoms with van der Waals surface area (Å²) in [6, 6.07) is 0. The van der Waals surface area contributed by atoms with Gasteiger partial charge in [-0.15, -0.1) is 0 Å². The molecule has 1 amide bonds. The SMILES string of the molecule is C=CC(=O)N(C)CCCCCCCCCCCO. The topological polar surface area (TPSA) is 40.5 Å². The van der Waals surface area contributed by atoms with Crippen molar-refractivity contribution in [1.82, 2.24) is 4.90 Å². The van der Waals surface area contributed by atoms with Crippen LogP contribution < -0.4 is 0 Å². The standard InChI is InChI=1S/C15H29NO2/c1-3-15(18)16(2)13-11-9-7-5-4-6-8-10-12-14-17/h3,17H,1,4-14H2,2H3. The van der Waals surface area contributed by atoms with Crippen LogP contribution in [0.25, 0.3) is 0 Å². The Kier molecular flexibility index (Phi) is 12.0. The summed E-state index contributed by atoms with van der Waals surface area (Å²) in [5, 5.41) is 8.63. The predicted octanol–water partition coefficient (Wildman–Crippen LogP) is 3.13. The Hall–Kier alpha value is -0.830. The molecule has 0 rings (SSSR count). The van der Waals surface area contributed by atoms with Gasteiger partial charge >= 0.3 is 0 Å². The van der Waals surface area contributed by atoms with E-state index in [0.29, 0.717) is 6.61 Å². The molecule has 0 aliphatic heterocycles. The lowest BCUT2D eigenvalue weighted by Crippen LogP contribution is -2.25. The largest absolute Gasteiger partial charge is 0.396 e. The third-order valence-electron chi connectivity index (χ3n) is 3.20. The molecule has 0 saturated carbocycles. The van der Waals surface area contributed by atoms with Crippen LogP contribution in [0.3, 0.4) is 0 Å². The first kappa shape index (κ1) is 17.2. The molecule has 0 heterocycles. The second-order valence-corrected chi connectivity index (χ2v) is 4.87. The van der Waals surface area contributed by atoms with Crippen LogP contribution in [0.5, 0.6) is 0 Å². The maximum absolute atomic E-state index is 11.2. The number of carbonyl (C=O) groups is 1. The molecule has 0 radical (unpaired) electrons. The van der Waals surface area contributed by atoms with Crippen LogP contribution in [0.4, 0.5) is 0 Å². The van der Waals surface area contributed by atoms with Crippen molar-refractivity contribution in [2.45, 2.75) is 57.8 Å². The van der Waals surface area contributed by atoms with E-state index in [1.54, 1.807) is 4.90 Å². The molecule has 0 aromatic rings. The third kappa shape index (κ3) is 10.3. The number of aliphatic hydroxyl groups is 1. The predicted molar refractivity (Wildman–Crippen MR) is 76.5 cm³/mol. The van der Waals surface area contributed by atoms with Crippen molar-refractivity contribution in [2.24, 2.45) is 0 Å². The molecule has 3 nitrogen and oxygen atoms in total. The van der Waals surface area contributed by atoms with E-state index in [1.165, 1.54) is 44.6 Å². The normalized spacial score (nSPS) is 10.3. The summed E-state index contributed by atoms with van der Waals surface area (Å²) in [5.41, 5.74) is 0. The summed E-state index contributed by atoms with van der Waals surface area (Å²) in [6.45, 7) is 4.64. The number of aliphatic hydroxyl groups excluding tert-OH is 1. The minimum atomic E-state index is 0.0129. The molecule has 0 atom stereocenters. The maximum Gasteiger partial charge on any atom is 0.245 e. The Morgan fingerprint density at radius 3 is 1.89 bits per heavy atom. The van der Waals surface area contributed by atoms with E-state index >= 15 is 0 Å². The van der Waals surface area contributed by atoms with Crippen molar-refractivity contribution in [1.29, 1.82) is 0 Å². The number of amides is 1. The molecule has 0 spiro atoms. The Balaban J connectivity index is 3.16. The van der Waals surface area contributed by atoms with Gasteiger partial charge in [0, 0.05) is 20.2 Å². The zero-order chi connectivity index (χ0) is 13.6. The molecule has 0 aliphatic carbocycles. The van der Waals surface area contributed by atoms with Gasteiger partial charge in [-0.1, -0.05) is 51.5 Å². The number of rotatable bonds is 12. The van der Waals surface area contributed by atoms with Crippen molar-refractivity contribution in [3.8, 4) is 0 Å². The Morgan fingerprint density at radius 2 is 1.44 bits per heavy atom. The molecule has 18 heavy (non-hydrogen) atoms. The molecule has 106 valence electrons. The number of likely N-dealkylation sites (N-methyl/N-ethyl adjacent to an activating group) is 1. The van der Waals surface area contributed by atoms with Crippen molar-refractivity contribution in [3.05, 3.63) is 12.7 Å². The number of nitrogens with zero attached hydrogens (tertiary/aromatic N) is 1. The lowest BCUT2D eigenvalue weighted by Gasteiger charge is -2.14. The van der Waals surface area contributed by atoms with E-state index in [9.17, 15) is 4.79 Å². The third-order valence-corrected chi connectivity index (χ3v) is 3.20. The highest BCUT2D eigenvalue weighted by molar-refractivity contribution is 5.86. The van der Waals surface area contributed by atoms with Crippen LogP contribution in [0.15, 0.2) is 12.7 Å². The van der Waals surface area contributed by atoms with Crippen molar-refractivity contribution in [3.63, 3.8) is 0 Å². The van der Waals surface area contributed by atoms with Gasteiger partial charge in [0.1, 0.15) is 0 Å². The van der Waals surface area contributed by atoms with Gasteiger partial charge in [-0.05, 0) is 18.9 Å². The van der Waals surface area contributed by atoms with Gasteiger partial charge in [0.05, 0.1) is 0 Å². The Bertz CT molecular complexity index is 217. The number of unbranched alkanes of at least 4 members (excludes halogenated alkanes) is 8. The lowest BCUT2D eigenvalue weighted by atomic mass is 10.1. The second-order valence-electron chi connectivity index (χ2n) is 4.87. The average Bonchev–Trinajstić information content (AvgIpc) is 2.39. The molecule has 0 bridgehead atoms. The van der Waals surface area contributed by atoms with E-state index in [2.05, 4.69) is 6.58 Å². The van der Waals surface area contributed by atoms with Gasteiger partial charge in [0.15, 0.2) is 0 Å². The summed E-state index contributed by atoms with van der Waals surface area (Å²) < 4.78 is 0. The molecule has 0 saturated heterocycles. The first-order valence-corrected chi connectivity index (χ1v) is 7.20. The number of hydrogen-bond donors (Lipinski definition) is 1. The van der Waals surface area contributed by atoms with Crippen LogP contribution in [0, 0.1) is 0 Å². The van der Waals surface area contributed by atoms with Gasteiger partial charge in [0.25, 0.3) is 0 Å². The lowest BCUT2D eigenvalue weighted by molar-refractivity contribution is -0.124. The quantitative estimate of drug-likeness (QED) is 0.430. The van der Waals surface area contributed by atoms with Crippen LogP contribution in [-0.2, 0) is 4.79 Å². The number of hydrogen-bond acceptors (Lipinski definition) is 2. The summed E-state index contributed by atoms with van der Waals surface area (Å²) in [7, 11) is 1.82. The minimum Gasteiger partial charge on any atom is -0.396 e. The van der Waals surface area contributed by atoms with Crippen LogP contribution in [-0.4, -0.2) is 36.1 Å². The van der Waals surface area contributed by atoms with E-state index in [0.717, 1.165) is 25.8 Å². The van der Waals surface area contributed by atoms with Crippen LogP contribution in [0.2, 0.25) is 0 Å². The zero-order valence-electron chi connectivity index (χ0n) is 11.9. The highest BCUT2D eigenvalue weighted by Gasteiger charge is 2.02. The van der Waals surface area contributed by atoms with Crippen LogP contribution in [0.1, 0.15) is 57.8 Å². The van der Waals surface area contributed by atoms with E-state index in [-0.39, 0.29) is 5.91 Å². The molecule has 0 fully saturated rings. The maximum atomic E-state index is 11.2. The smallest absolute Gasteiger partial charge is 0.245 e. The summed E-state index contributed by atoms with van der Waals surface area (Å²) >= 11 is 0. The Morgan fingerprint density at radius 1 is 1.00 bits per heavy atom. The molecule has 0 aromatic carbocycles. The molecular formula is C15H29NO2.